The Labute approximate surface area is 142 Å². The van der Waals surface area contributed by atoms with Crippen molar-refractivity contribution in [2.45, 2.75) is 31.5 Å². The molecule has 1 aromatic carbocycles. The van der Waals surface area contributed by atoms with Gasteiger partial charge in [-0.3, -0.25) is 0 Å². The number of hydrogen-bond donors (Lipinski definition) is 0. The topological polar surface area (TPSA) is 57.0 Å². The molecule has 0 unspecified atom stereocenters. The van der Waals surface area contributed by atoms with E-state index >= 15 is 0 Å². The predicted octanol–water partition coefficient (Wildman–Crippen LogP) is 3.72. The number of aromatic nitrogens is 3. The van der Waals surface area contributed by atoms with E-state index in [1.165, 1.54) is 18.9 Å². The van der Waals surface area contributed by atoms with Crippen LogP contribution in [0.2, 0.25) is 0 Å². The summed E-state index contributed by atoms with van der Waals surface area (Å²) in [5, 5.41) is 5.24. The standard InChI is InChI=1S/C15H18BrN3O2S/c1-9(2)13-17-15(22-4)18-19(13)8-10-7-11(16)5-6-12(10)14(20)21-3/h5-7,9H,8H2,1-4H3. The maximum atomic E-state index is 11.9. The second kappa shape index (κ2) is 7.28. The molecule has 0 radical (unpaired) electrons. The van der Waals surface area contributed by atoms with Crippen molar-refractivity contribution >= 4 is 33.7 Å². The molecule has 1 aromatic heterocycles. The molecule has 0 aliphatic carbocycles. The molecule has 0 bridgehead atoms. The van der Waals surface area contributed by atoms with Crippen molar-refractivity contribution in [2.75, 3.05) is 13.4 Å². The number of rotatable bonds is 5. The van der Waals surface area contributed by atoms with Crippen molar-refractivity contribution in [3.8, 4) is 0 Å². The highest BCUT2D eigenvalue weighted by Gasteiger charge is 2.17. The van der Waals surface area contributed by atoms with Gasteiger partial charge in [-0.15, -0.1) is 5.10 Å². The molecule has 2 rings (SSSR count). The van der Waals surface area contributed by atoms with Gasteiger partial charge in [0.15, 0.2) is 0 Å². The Balaban J connectivity index is 2.44. The quantitative estimate of drug-likeness (QED) is 0.581. The minimum atomic E-state index is -0.348. The number of methoxy groups -OCH3 is 1. The number of carbonyl (C=O) groups excluding carboxylic acids is 1. The lowest BCUT2D eigenvalue weighted by atomic mass is 10.1. The minimum Gasteiger partial charge on any atom is -0.465 e. The van der Waals surface area contributed by atoms with E-state index < -0.39 is 0 Å². The number of benzene rings is 1. The zero-order valence-corrected chi connectivity index (χ0v) is 15.4. The van der Waals surface area contributed by atoms with Gasteiger partial charge in [0.25, 0.3) is 0 Å². The SMILES string of the molecule is COC(=O)c1ccc(Br)cc1Cn1nc(SC)nc1C(C)C. The van der Waals surface area contributed by atoms with Crippen molar-refractivity contribution in [3.63, 3.8) is 0 Å². The molecule has 0 amide bonds. The van der Waals surface area contributed by atoms with Gasteiger partial charge < -0.3 is 4.74 Å². The number of hydrogen-bond acceptors (Lipinski definition) is 5. The number of carbonyl (C=O) groups is 1. The normalized spacial score (nSPS) is 11.0. The summed E-state index contributed by atoms with van der Waals surface area (Å²) in [7, 11) is 1.38. The van der Waals surface area contributed by atoms with Crippen molar-refractivity contribution in [1.82, 2.24) is 14.8 Å². The highest BCUT2D eigenvalue weighted by atomic mass is 79.9. The van der Waals surface area contributed by atoms with Crippen LogP contribution in [-0.2, 0) is 11.3 Å². The molecule has 118 valence electrons. The monoisotopic (exact) mass is 383 g/mol. The predicted molar refractivity (Wildman–Crippen MR) is 90.5 cm³/mol. The lowest BCUT2D eigenvalue weighted by molar-refractivity contribution is 0.0599. The zero-order valence-electron chi connectivity index (χ0n) is 13.0. The highest BCUT2D eigenvalue weighted by molar-refractivity contribution is 9.10. The number of esters is 1. The molecule has 0 spiro atoms. The molecule has 0 N–H and O–H groups in total. The first-order valence-electron chi connectivity index (χ1n) is 6.81. The van der Waals surface area contributed by atoms with E-state index in [1.54, 1.807) is 6.07 Å². The largest absolute Gasteiger partial charge is 0.465 e. The first-order chi connectivity index (χ1) is 10.5. The van der Waals surface area contributed by atoms with Crippen LogP contribution in [0.3, 0.4) is 0 Å². The molecule has 0 aliphatic heterocycles. The Morgan fingerprint density at radius 2 is 2.18 bits per heavy atom. The van der Waals surface area contributed by atoms with Crippen molar-refractivity contribution in [1.29, 1.82) is 0 Å². The third-order valence-corrected chi connectivity index (χ3v) is 4.20. The van der Waals surface area contributed by atoms with Crippen LogP contribution in [0.15, 0.2) is 27.8 Å². The fraction of sp³-hybridized carbons (Fsp3) is 0.400. The lowest BCUT2D eigenvalue weighted by Gasteiger charge is -2.11. The molecule has 0 atom stereocenters. The molecule has 0 fully saturated rings. The molecule has 5 nitrogen and oxygen atoms in total. The van der Waals surface area contributed by atoms with Gasteiger partial charge in [0.05, 0.1) is 19.2 Å². The van der Waals surface area contributed by atoms with E-state index in [0.29, 0.717) is 12.1 Å². The number of ether oxygens (including phenoxy) is 1. The van der Waals surface area contributed by atoms with E-state index in [4.69, 9.17) is 4.74 Å². The Morgan fingerprint density at radius 1 is 1.45 bits per heavy atom. The van der Waals surface area contributed by atoms with E-state index in [0.717, 1.165) is 21.0 Å². The smallest absolute Gasteiger partial charge is 0.338 e. The molecule has 0 aliphatic rings. The summed E-state index contributed by atoms with van der Waals surface area (Å²) in [6.45, 7) is 4.63. The van der Waals surface area contributed by atoms with E-state index in [1.807, 2.05) is 23.1 Å². The van der Waals surface area contributed by atoms with Crippen LogP contribution in [0.5, 0.6) is 0 Å². The minimum absolute atomic E-state index is 0.252. The van der Waals surface area contributed by atoms with Gasteiger partial charge in [-0.1, -0.05) is 41.5 Å². The van der Waals surface area contributed by atoms with Crippen molar-refractivity contribution < 1.29 is 9.53 Å². The summed E-state index contributed by atoms with van der Waals surface area (Å²) in [4.78, 5) is 16.5. The van der Waals surface area contributed by atoms with Gasteiger partial charge in [0.1, 0.15) is 5.82 Å². The molecule has 7 heteroatoms. The first-order valence-corrected chi connectivity index (χ1v) is 8.83. The van der Waals surface area contributed by atoms with Crippen LogP contribution >= 0.6 is 27.7 Å². The molecule has 0 saturated carbocycles. The van der Waals surface area contributed by atoms with Gasteiger partial charge >= 0.3 is 5.97 Å². The van der Waals surface area contributed by atoms with Crippen molar-refractivity contribution in [3.05, 3.63) is 39.6 Å². The Kier molecular flexibility index (Phi) is 5.63. The Bertz CT molecular complexity index is 685. The fourth-order valence-electron chi connectivity index (χ4n) is 2.13. The van der Waals surface area contributed by atoms with E-state index in [2.05, 4.69) is 39.9 Å². The van der Waals surface area contributed by atoms with E-state index in [-0.39, 0.29) is 11.9 Å². The van der Waals surface area contributed by atoms with E-state index in [9.17, 15) is 4.79 Å². The second-order valence-electron chi connectivity index (χ2n) is 5.06. The summed E-state index contributed by atoms with van der Waals surface area (Å²) in [6, 6.07) is 5.50. The maximum absolute atomic E-state index is 11.9. The number of thioether (sulfide) groups is 1. The fourth-order valence-corrected chi connectivity index (χ4v) is 2.90. The third-order valence-electron chi connectivity index (χ3n) is 3.17. The van der Waals surface area contributed by atoms with Crippen LogP contribution in [0.1, 0.15) is 41.5 Å². The number of nitrogens with zero attached hydrogens (tertiary/aromatic N) is 3. The molecule has 22 heavy (non-hydrogen) atoms. The summed E-state index contributed by atoms with van der Waals surface area (Å²) < 4.78 is 7.62. The van der Waals surface area contributed by atoms with Gasteiger partial charge in [-0.2, -0.15) is 0 Å². The van der Waals surface area contributed by atoms with Gasteiger partial charge in [0.2, 0.25) is 5.16 Å². The first kappa shape index (κ1) is 17.0. The molecule has 2 aromatic rings. The van der Waals surface area contributed by atoms with Crippen LogP contribution in [0.4, 0.5) is 0 Å². The van der Waals surface area contributed by atoms with Crippen LogP contribution in [0, 0.1) is 0 Å². The van der Waals surface area contributed by atoms with Crippen LogP contribution in [0.25, 0.3) is 0 Å². The molecular weight excluding hydrogens is 366 g/mol. The average molecular weight is 384 g/mol. The summed E-state index contributed by atoms with van der Waals surface area (Å²) >= 11 is 4.95. The van der Waals surface area contributed by atoms with Gasteiger partial charge in [-0.25, -0.2) is 14.5 Å². The third kappa shape index (κ3) is 3.70. The summed E-state index contributed by atoms with van der Waals surface area (Å²) in [5.74, 6) is 0.807. The zero-order chi connectivity index (χ0) is 16.3. The van der Waals surface area contributed by atoms with Gasteiger partial charge in [0, 0.05) is 10.4 Å². The van der Waals surface area contributed by atoms with Gasteiger partial charge in [-0.05, 0) is 30.0 Å². The molecule has 1 heterocycles. The van der Waals surface area contributed by atoms with Crippen molar-refractivity contribution in [2.24, 2.45) is 0 Å². The molecular formula is C15H18BrN3O2S. The summed E-state index contributed by atoms with van der Waals surface area (Å²) in [6.07, 6.45) is 1.95. The Hall–Kier alpha value is -1.34. The lowest BCUT2D eigenvalue weighted by Crippen LogP contribution is -2.13. The maximum Gasteiger partial charge on any atom is 0.338 e. The Morgan fingerprint density at radius 3 is 2.77 bits per heavy atom. The highest BCUT2D eigenvalue weighted by Crippen LogP contribution is 2.22. The number of halogens is 1. The van der Waals surface area contributed by atoms with Crippen LogP contribution in [-0.4, -0.2) is 34.1 Å². The molecule has 0 saturated heterocycles. The second-order valence-corrected chi connectivity index (χ2v) is 6.75. The summed E-state index contributed by atoms with van der Waals surface area (Å²) in [5.41, 5.74) is 1.39. The average Bonchev–Trinajstić information content (AvgIpc) is 2.90. The van der Waals surface area contributed by atoms with Crippen LogP contribution < -0.4 is 0 Å².